The number of imide groups is 1. The monoisotopic (exact) mass is 488 g/mol. The lowest BCUT2D eigenvalue weighted by molar-refractivity contribution is 0.0967. The molecule has 30 heavy (non-hydrogen) atoms. The van der Waals surface area contributed by atoms with E-state index in [-0.39, 0.29) is 26.4 Å². The molecule has 2 aromatic carbocycles. The number of carbonyl (C=O) groups excluding carboxylic acids is 2. The maximum absolute atomic E-state index is 12.3. The molecule has 14 heteroatoms. The molecule has 1 atom stereocenters. The zero-order valence-corrected chi connectivity index (χ0v) is 18.0. The van der Waals surface area contributed by atoms with Crippen molar-refractivity contribution in [1.82, 2.24) is 10.3 Å². The molecule has 0 bridgehead atoms. The molecular weight excluding hydrogens is 476 g/mol. The summed E-state index contributed by atoms with van der Waals surface area (Å²) < 4.78 is 43.4. The molecule has 0 spiro atoms. The summed E-state index contributed by atoms with van der Waals surface area (Å²) >= 11 is 5.03. The number of amides is 3. The van der Waals surface area contributed by atoms with E-state index in [4.69, 9.17) is 21.3 Å². The highest BCUT2D eigenvalue weighted by Gasteiger charge is 2.18. The van der Waals surface area contributed by atoms with E-state index >= 15 is 0 Å². The second-order valence-electron chi connectivity index (χ2n) is 5.88. The highest BCUT2D eigenvalue weighted by Crippen LogP contribution is 2.27. The molecule has 3 amide bonds. The number of aromatic nitrogens is 1. The van der Waals surface area contributed by atoms with E-state index < -0.39 is 33.0 Å². The highest BCUT2D eigenvalue weighted by atomic mass is 35.5. The first-order valence-corrected chi connectivity index (χ1v) is 12.0. The van der Waals surface area contributed by atoms with Crippen LogP contribution in [0.3, 0.4) is 0 Å². The smallest absolute Gasteiger partial charge is 0.306 e. The standard InChI is InChI=1S/C16H13ClN4O6S3/c17-11-3-2-9(30(18,26)27)6-10(11)14(22)20-15(23)21-16-19-12-4-1-8(7-29(24)25)5-13(12)28-16/h1-6H,7H2,(H,24,25)(H2,18,26,27)(H2,19,20,21,22,23). The Morgan fingerprint density at radius 1 is 1.23 bits per heavy atom. The molecule has 5 N–H and O–H groups in total. The van der Waals surface area contributed by atoms with Crippen molar-refractivity contribution >= 4 is 71.3 Å². The van der Waals surface area contributed by atoms with Crippen molar-refractivity contribution < 1.29 is 26.8 Å². The molecule has 0 saturated carbocycles. The fraction of sp³-hybridized carbons (Fsp3) is 0.0625. The second-order valence-corrected chi connectivity index (χ2v) is 9.81. The summed E-state index contributed by atoms with van der Waals surface area (Å²) in [6, 6.07) is 7.32. The molecular formula is C16H13ClN4O6S3. The Balaban J connectivity index is 1.74. The lowest BCUT2D eigenvalue weighted by atomic mass is 10.2. The van der Waals surface area contributed by atoms with Crippen molar-refractivity contribution in [3.8, 4) is 0 Å². The minimum absolute atomic E-state index is 0.0378. The van der Waals surface area contributed by atoms with E-state index in [2.05, 4.69) is 10.3 Å². The van der Waals surface area contributed by atoms with Crippen LogP contribution >= 0.6 is 22.9 Å². The Labute approximate surface area is 181 Å². The van der Waals surface area contributed by atoms with Gasteiger partial charge in [0.1, 0.15) is 0 Å². The molecule has 0 aliphatic heterocycles. The number of hydrogen-bond donors (Lipinski definition) is 4. The number of benzene rings is 2. The van der Waals surface area contributed by atoms with E-state index in [1.807, 2.05) is 5.32 Å². The average molecular weight is 489 g/mol. The summed E-state index contributed by atoms with van der Waals surface area (Å²) in [5.41, 5.74) is 0.935. The SMILES string of the molecule is NS(=O)(=O)c1ccc(Cl)c(C(=O)NC(=O)Nc2nc3ccc(CS(=O)O)cc3s2)c1. The molecule has 0 aliphatic rings. The number of nitrogens with one attached hydrogen (secondary N) is 2. The predicted octanol–water partition coefficient (Wildman–Crippen LogP) is 2.28. The van der Waals surface area contributed by atoms with Gasteiger partial charge in [-0.15, -0.1) is 0 Å². The average Bonchev–Trinajstić information content (AvgIpc) is 3.01. The Morgan fingerprint density at radius 3 is 2.63 bits per heavy atom. The maximum Gasteiger partial charge on any atom is 0.327 e. The van der Waals surface area contributed by atoms with Crippen LogP contribution in [0, 0.1) is 0 Å². The van der Waals surface area contributed by atoms with Crippen molar-refractivity contribution in [1.29, 1.82) is 0 Å². The molecule has 0 aliphatic carbocycles. The topological polar surface area (TPSA) is 169 Å². The van der Waals surface area contributed by atoms with E-state index in [1.165, 1.54) is 6.07 Å². The largest absolute Gasteiger partial charge is 0.327 e. The number of halogens is 1. The van der Waals surface area contributed by atoms with Crippen LogP contribution in [0.15, 0.2) is 41.3 Å². The Morgan fingerprint density at radius 2 is 1.97 bits per heavy atom. The first-order valence-electron chi connectivity index (χ1n) is 7.94. The summed E-state index contributed by atoms with van der Waals surface area (Å²) in [7, 11) is -4.06. The van der Waals surface area contributed by atoms with Crippen LogP contribution in [0.4, 0.5) is 9.93 Å². The van der Waals surface area contributed by atoms with Gasteiger partial charge in [-0.1, -0.05) is 29.0 Å². The third-order valence-corrected chi connectivity index (χ3v) is 6.46. The minimum Gasteiger partial charge on any atom is -0.306 e. The number of sulfonamides is 1. The third-order valence-electron chi connectivity index (χ3n) is 3.70. The van der Waals surface area contributed by atoms with Gasteiger partial charge in [-0.2, -0.15) is 0 Å². The quantitative estimate of drug-likeness (QED) is 0.399. The normalized spacial score (nSPS) is 12.5. The van der Waals surface area contributed by atoms with Crippen LogP contribution in [-0.2, 0) is 26.9 Å². The molecule has 3 rings (SSSR count). The van der Waals surface area contributed by atoms with Crippen molar-refractivity contribution in [2.24, 2.45) is 5.14 Å². The number of urea groups is 1. The Bertz CT molecular complexity index is 1290. The van der Waals surface area contributed by atoms with Crippen molar-refractivity contribution in [2.75, 3.05) is 5.32 Å². The number of anilines is 1. The van der Waals surface area contributed by atoms with Crippen LogP contribution < -0.4 is 15.8 Å². The molecule has 0 fully saturated rings. The molecule has 10 nitrogen and oxygen atoms in total. The second kappa shape index (κ2) is 8.75. The highest BCUT2D eigenvalue weighted by molar-refractivity contribution is 7.89. The summed E-state index contributed by atoms with van der Waals surface area (Å²) in [5, 5.41) is 9.58. The van der Waals surface area contributed by atoms with Gasteiger partial charge in [-0.3, -0.25) is 15.4 Å². The number of carbonyl (C=O) groups is 2. The fourth-order valence-corrected chi connectivity index (χ4v) is 4.54. The molecule has 1 aromatic heterocycles. The lowest BCUT2D eigenvalue weighted by Gasteiger charge is -2.07. The zero-order chi connectivity index (χ0) is 22.1. The number of hydrogen-bond acceptors (Lipinski definition) is 7. The van der Waals surface area contributed by atoms with Crippen molar-refractivity contribution in [2.45, 2.75) is 10.6 Å². The number of primary sulfonamides is 1. The molecule has 1 heterocycles. The van der Waals surface area contributed by atoms with Gasteiger partial charge in [-0.25, -0.2) is 27.5 Å². The Kier molecular flexibility index (Phi) is 6.50. The number of nitrogens with two attached hydrogens (primary N) is 1. The summed E-state index contributed by atoms with van der Waals surface area (Å²) in [5.74, 6) is -0.971. The fourth-order valence-electron chi connectivity index (χ4n) is 2.41. The first-order chi connectivity index (χ1) is 14.0. The van der Waals surface area contributed by atoms with Crippen molar-refractivity contribution in [3.05, 3.63) is 52.5 Å². The van der Waals surface area contributed by atoms with Gasteiger partial charge >= 0.3 is 6.03 Å². The van der Waals surface area contributed by atoms with Gasteiger partial charge in [-0.05, 0) is 35.9 Å². The summed E-state index contributed by atoms with van der Waals surface area (Å²) in [6.45, 7) is 0. The number of rotatable bonds is 5. The lowest BCUT2D eigenvalue weighted by Crippen LogP contribution is -2.34. The van der Waals surface area contributed by atoms with E-state index in [1.54, 1.807) is 18.2 Å². The van der Waals surface area contributed by atoms with Gasteiger partial charge in [0.2, 0.25) is 10.0 Å². The van der Waals surface area contributed by atoms with Gasteiger partial charge < -0.3 is 4.55 Å². The van der Waals surface area contributed by atoms with Crippen LogP contribution in [0.2, 0.25) is 5.02 Å². The molecule has 158 valence electrons. The Hall–Kier alpha value is -2.42. The van der Waals surface area contributed by atoms with Crippen molar-refractivity contribution in [3.63, 3.8) is 0 Å². The maximum atomic E-state index is 12.3. The number of thiazole rings is 1. The summed E-state index contributed by atoms with van der Waals surface area (Å²) in [4.78, 5) is 28.3. The van der Waals surface area contributed by atoms with Gasteiger partial charge in [0.25, 0.3) is 5.91 Å². The van der Waals surface area contributed by atoms with Gasteiger partial charge in [0, 0.05) is 0 Å². The van der Waals surface area contributed by atoms with E-state index in [9.17, 15) is 22.2 Å². The van der Waals surface area contributed by atoms with Crippen LogP contribution in [-0.4, -0.2) is 34.1 Å². The van der Waals surface area contributed by atoms with E-state index in [0.29, 0.717) is 15.8 Å². The zero-order valence-electron chi connectivity index (χ0n) is 14.8. The molecule has 0 saturated heterocycles. The van der Waals surface area contributed by atoms with E-state index in [0.717, 1.165) is 23.5 Å². The molecule has 1 unspecified atom stereocenters. The molecule has 3 aromatic rings. The van der Waals surface area contributed by atoms with Crippen LogP contribution in [0.25, 0.3) is 10.2 Å². The van der Waals surface area contributed by atoms with Gasteiger partial charge in [0.05, 0.1) is 31.5 Å². The van der Waals surface area contributed by atoms with Crippen LogP contribution in [0.1, 0.15) is 15.9 Å². The molecule has 0 radical (unpaired) electrons. The predicted molar refractivity (Wildman–Crippen MR) is 113 cm³/mol. The number of fused-ring (bicyclic) bond motifs is 1. The summed E-state index contributed by atoms with van der Waals surface area (Å²) in [6.07, 6.45) is 0. The number of nitrogens with zero attached hydrogens (tertiary/aromatic N) is 1. The van der Waals surface area contributed by atoms with Gasteiger partial charge in [0.15, 0.2) is 16.2 Å². The van der Waals surface area contributed by atoms with Crippen LogP contribution in [0.5, 0.6) is 0 Å². The first kappa shape index (κ1) is 22.3. The third kappa shape index (κ3) is 5.38. The minimum atomic E-state index is -4.06.